The normalized spacial score (nSPS) is 24.3. The molecule has 0 bridgehead atoms. The number of likely N-dealkylation sites (tertiary alicyclic amines) is 1. The van der Waals surface area contributed by atoms with E-state index in [0.29, 0.717) is 18.4 Å². The number of nitrogens with zero attached hydrogens (tertiary/aromatic N) is 5. The minimum absolute atomic E-state index is 0.0853. The molecular weight excluding hydrogens is 386 g/mol. The second-order valence-corrected chi connectivity index (χ2v) is 8.73. The van der Waals surface area contributed by atoms with E-state index in [1.807, 2.05) is 9.80 Å². The lowest BCUT2D eigenvalue weighted by Gasteiger charge is -2.42. The third-order valence-electron chi connectivity index (χ3n) is 6.93. The third kappa shape index (κ3) is 4.18. The summed E-state index contributed by atoms with van der Waals surface area (Å²) in [7, 11) is 3.16. The predicted molar refractivity (Wildman–Crippen MR) is 114 cm³/mol. The molecule has 4 heterocycles. The van der Waals surface area contributed by atoms with Crippen LogP contribution < -0.4 is 16.1 Å². The molecule has 9 heteroatoms. The number of aromatic nitrogens is 2. The molecule has 1 aromatic rings. The number of morpholine rings is 1. The van der Waals surface area contributed by atoms with Crippen LogP contribution in [0.4, 0.5) is 5.82 Å². The van der Waals surface area contributed by atoms with Gasteiger partial charge in [0.05, 0.1) is 19.1 Å². The van der Waals surface area contributed by atoms with Crippen LogP contribution in [0.5, 0.6) is 0 Å². The van der Waals surface area contributed by atoms with E-state index in [-0.39, 0.29) is 23.1 Å². The van der Waals surface area contributed by atoms with Gasteiger partial charge in [0.25, 0.3) is 5.56 Å². The first-order chi connectivity index (χ1) is 14.5. The fourth-order valence-electron chi connectivity index (χ4n) is 5.06. The van der Waals surface area contributed by atoms with Gasteiger partial charge in [0.1, 0.15) is 5.82 Å². The summed E-state index contributed by atoms with van der Waals surface area (Å²) < 4.78 is 8.06. The van der Waals surface area contributed by atoms with Crippen molar-refractivity contribution in [3.63, 3.8) is 0 Å². The van der Waals surface area contributed by atoms with Crippen LogP contribution in [0, 0.1) is 5.92 Å². The summed E-state index contributed by atoms with van der Waals surface area (Å²) in [5.74, 6) is 0.735. The Morgan fingerprint density at radius 3 is 2.37 bits per heavy atom. The van der Waals surface area contributed by atoms with E-state index in [1.165, 1.54) is 17.7 Å². The third-order valence-corrected chi connectivity index (χ3v) is 6.93. The highest BCUT2D eigenvalue weighted by Crippen LogP contribution is 2.25. The molecule has 0 spiro atoms. The van der Waals surface area contributed by atoms with Crippen molar-refractivity contribution in [3.8, 4) is 0 Å². The second kappa shape index (κ2) is 8.93. The standard InChI is InChI=1S/C21H33N5O4/c1-22-18(14-19(27)23(2)21(22)29)26-7-3-4-16(15-26)20(28)25-8-5-17(6-9-25)24-10-12-30-13-11-24/h14,16-17H,3-13,15H2,1-2H3. The molecule has 9 nitrogen and oxygen atoms in total. The summed E-state index contributed by atoms with van der Waals surface area (Å²) >= 11 is 0. The minimum atomic E-state index is -0.337. The van der Waals surface area contributed by atoms with Crippen LogP contribution in [0.3, 0.4) is 0 Å². The van der Waals surface area contributed by atoms with E-state index >= 15 is 0 Å². The Balaban J connectivity index is 1.39. The van der Waals surface area contributed by atoms with Crippen LogP contribution in [-0.4, -0.2) is 83.4 Å². The Morgan fingerprint density at radius 2 is 1.67 bits per heavy atom. The summed E-state index contributed by atoms with van der Waals surface area (Å²) in [6, 6.07) is 2.05. The molecule has 4 rings (SSSR count). The maximum atomic E-state index is 13.2. The van der Waals surface area contributed by atoms with Crippen LogP contribution in [0.25, 0.3) is 0 Å². The van der Waals surface area contributed by atoms with Crippen LogP contribution >= 0.6 is 0 Å². The number of piperidine rings is 2. The lowest BCUT2D eigenvalue weighted by Crippen LogP contribution is -2.52. The summed E-state index contributed by atoms with van der Waals surface area (Å²) in [5.41, 5.74) is -0.650. The average Bonchev–Trinajstić information content (AvgIpc) is 2.80. The maximum absolute atomic E-state index is 13.2. The van der Waals surface area contributed by atoms with Gasteiger partial charge in [0, 0.05) is 65.5 Å². The summed E-state index contributed by atoms with van der Waals surface area (Å²) in [6.07, 6.45) is 3.78. The summed E-state index contributed by atoms with van der Waals surface area (Å²) in [4.78, 5) is 44.2. The van der Waals surface area contributed by atoms with Gasteiger partial charge in [-0.25, -0.2) is 4.79 Å². The zero-order valence-corrected chi connectivity index (χ0v) is 18.1. The van der Waals surface area contributed by atoms with Crippen LogP contribution in [-0.2, 0) is 23.6 Å². The van der Waals surface area contributed by atoms with E-state index < -0.39 is 0 Å². The molecule has 1 unspecified atom stereocenters. The van der Waals surface area contributed by atoms with Gasteiger partial charge in [-0.1, -0.05) is 0 Å². The zero-order valence-electron chi connectivity index (χ0n) is 18.1. The summed E-state index contributed by atoms with van der Waals surface area (Å²) in [6.45, 7) is 6.52. The van der Waals surface area contributed by atoms with Crippen molar-refractivity contribution in [2.75, 3.05) is 57.4 Å². The summed E-state index contributed by atoms with van der Waals surface area (Å²) in [5, 5.41) is 0. The van der Waals surface area contributed by atoms with Crippen molar-refractivity contribution in [1.29, 1.82) is 0 Å². The molecule has 0 saturated carbocycles. The first-order valence-corrected chi connectivity index (χ1v) is 11.1. The molecule has 3 aliphatic heterocycles. The fraction of sp³-hybridized carbons (Fsp3) is 0.762. The number of hydrogen-bond acceptors (Lipinski definition) is 6. The molecule has 1 amide bonds. The first kappa shape index (κ1) is 21.1. The topological polar surface area (TPSA) is 80.0 Å². The van der Waals surface area contributed by atoms with E-state index in [9.17, 15) is 14.4 Å². The SMILES string of the molecule is Cn1c(N2CCCC(C(=O)N3CCC(N4CCOCC4)CC3)C2)cc(=O)n(C)c1=O. The van der Waals surface area contributed by atoms with Crippen molar-refractivity contribution >= 4 is 11.7 Å². The molecule has 1 aromatic heterocycles. The van der Waals surface area contributed by atoms with Gasteiger partial charge in [-0.3, -0.25) is 23.6 Å². The molecule has 1 atom stereocenters. The zero-order chi connectivity index (χ0) is 21.3. The first-order valence-electron chi connectivity index (χ1n) is 11.1. The number of carbonyl (C=O) groups excluding carboxylic acids is 1. The van der Waals surface area contributed by atoms with Crippen molar-refractivity contribution in [3.05, 3.63) is 26.9 Å². The lowest BCUT2D eigenvalue weighted by atomic mass is 9.94. The number of carbonyl (C=O) groups is 1. The van der Waals surface area contributed by atoms with Crippen molar-refractivity contribution in [1.82, 2.24) is 18.9 Å². The monoisotopic (exact) mass is 419 g/mol. The predicted octanol–water partition coefficient (Wildman–Crippen LogP) is -0.376. The van der Waals surface area contributed by atoms with Gasteiger partial charge in [-0.2, -0.15) is 0 Å². The van der Waals surface area contributed by atoms with Crippen LogP contribution in [0.15, 0.2) is 15.7 Å². The number of anilines is 1. The highest BCUT2D eigenvalue weighted by Gasteiger charge is 2.33. The Kier molecular flexibility index (Phi) is 6.29. The Hall–Kier alpha value is -2.13. The molecule has 0 aromatic carbocycles. The maximum Gasteiger partial charge on any atom is 0.332 e. The fourth-order valence-corrected chi connectivity index (χ4v) is 5.06. The molecule has 0 N–H and O–H groups in total. The van der Waals surface area contributed by atoms with Gasteiger partial charge in [-0.05, 0) is 25.7 Å². The second-order valence-electron chi connectivity index (χ2n) is 8.73. The van der Waals surface area contributed by atoms with Crippen molar-refractivity contribution < 1.29 is 9.53 Å². The molecular formula is C21H33N5O4. The largest absolute Gasteiger partial charge is 0.379 e. The van der Waals surface area contributed by atoms with Gasteiger partial charge in [0.2, 0.25) is 5.91 Å². The van der Waals surface area contributed by atoms with Crippen molar-refractivity contribution in [2.45, 2.75) is 31.7 Å². The molecule has 30 heavy (non-hydrogen) atoms. The molecule has 166 valence electrons. The van der Waals surface area contributed by atoms with Gasteiger partial charge >= 0.3 is 5.69 Å². The quantitative estimate of drug-likeness (QED) is 0.665. The molecule has 3 aliphatic rings. The highest BCUT2D eigenvalue weighted by molar-refractivity contribution is 5.80. The van der Waals surface area contributed by atoms with E-state index in [4.69, 9.17) is 4.74 Å². The van der Waals surface area contributed by atoms with Crippen LogP contribution in [0.2, 0.25) is 0 Å². The van der Waals surface area contributed by atoms with Gasteiger partial charge < -0.3 is 14.5 Å². The lowest BCUT2D eigenvalue weighted by molar-refractivity contribution is -0.137. The number of hydrogen-bond donors (Lipinski definition) is 0. The van der Waals surface area contributed by atoms with Gasteiger partial charge in [-0.15, -0.1) is 0 Å². The van der Waals surface area contributed by atoms with Crippen molar-refractivity contribution in [2.24, 2.45) is 20.0 Å². The van der Waals surface area contributed by atoms with E-state index in [2.05, 4.69) is 4.90 Å². The highest BCUT2D eigenvalue weighted by atomic mass is 16.5. The Morgan fingerprint density at radius 1 is 0.967 bits per heavy atom. The molecule has 0 aliphatic carbocycles. The number of rotatable bonds is 3. The van der Waals surface area contributed by atoms with Crippen LogP contribution in [0.1, 0.15) is 25.7 Å². The molecule has 3 fully saturated rings. The number of ether oxygens (including phenoxy) is 1. The average molecular weight is 420 g/mol. The molecule has 3 saturated heterocycles. The number of amides is 1. The van der Waals surface area contributed by atoms with Gasteiger partial charge in [0.15, 0.2) is 0 Å². The molecule has 0 radical (unpaired) electrons. The van der Waals surface area contributed by atoms with E-state index in [0.717, 1.165) is 76.2 Å². The minimum Gasteiger partial charge on any atom is -0.379 e. The van der Waals surface area contributed by atoms with E-state index in [1.54, 1.807) is 7.05 Å². The Bertz CT molecular complexity index is 880. The Labute approximate surface area is 176 Å². The smallest absolute Gasteiger partial charge is 0.332 e.